The van der Waals surface area contributed by atoms with Gasteiger partial charge in [-0.3, -0.25) is 14.4 Å². The van der Waals surface area contributed by atoms with Crippen LogP contribution in [0.25, 0.3) is 11.1 Å². The summed E-state index contributed by atoms with van der Waals surface area (Å²) >= 11 is 0. The van der Waals surface area contributed by atoms with Gasteiger partial charge in [0.05, 0.1) is 0 Å². The van der Waals surface area contributed by atoms with E-state index in [0.29, 0.717) is 19.3 Å². The van der Waals surface area contributed by atoms with Crippen LogP contribution in [-0.2, 0) is 20.8 Å². The summed E-state index contributed by atoms with van der Waals surface area (Å²) < 4.78 is 5.90. The molecule has 2 atom stereocenters. The molecule has 6 heteroatoms. The number of nitrogens with one attached hydrogen (secondary N) is 1. The highest BCUT2D eigenvalue weighted by Crippen LogP contribution is 2.62. The van der Waals surface area contributed by atoms with Gasteiger partial charge in [0.15, 0.2) is 5.41 Å². The minimum absolute atomic E-state index is 0.00938. The molecule has 6 nitrogen and oxygen atoms in total. The van der Waals surface area contributed by atoms with Crippen molar-refractivity contribution in [3.8, 4) is 16.9 Å². The summed E-state index contributed by atoms with van der Waals surface area (Å²) in [7, 11) is 0. The van der Waals surface area contributed by atoms with E-state index in [1.807, 2.05) is 84.9 Å². The molecule has 1 heterocycles. The standard InChI is InChI=1S/C33H27NO5/c35-30-17-15-25-18-24(14-16-29(25)34-30)23-12-7-13-26(19-23)39-32(38)33(31(36)37)27(21-8-3-1-4-9-21)20-28(33)22-10-5-2-6-11-22/h1-14,16,18-19,27-28H,15,17,20H2,(H,34,35)(H,36,37). The summed E-state index contributed by atoms with van der Waals surface area (Å²) in [5.74, 6) is -2.70. The van der Waals surface area contributed by atoms with Gasteiger partial charge in [-0.1, -0.05) is 78.9 Å². The lowest BCUT2D eigenvalue weighted by atomic mass is 9.49. The molecule has 4 aromatic rings. The fraction of sp³-hybridized carbons (Fsp3) is 0.182. The van der Waals surface area contributed by atoms with Gasteiger partial charge in [0.2, 0.25) is 5.91 Å². The fourth-order valence-electron chi connectivity index (χ4n) is 6.02. The Labute approximate surface area is 226 Å². The van der Waals surface area contributed by atoms with Crippen LogP contribution in [0.1, 0.15) is 41.4 Å². The lowest BCUT2D eigenvalue weighted by Gasteiger charge is -2.51. The zero-order valence-electron chi connectivity index (χ0n) is 21.2. The van der Waals surface area contributed by atoms with E-state index >= 15 is 0 Å². The SMILES string of the molecule is O=C1CCc2cc(-c3cccc(OC(=O)C4(C(=O)O)C(c5ccccc5)CC4c4ccccc4)c3)ccc2N1. The quantitative estimate of drug-likeness (QED) is 0.181. The average molecular weight is 518 g/mol. The molecule has 1 amide bonds. The summed E-state index contributed by atoms with van der Waals surface area (Å²) in [6.07, 6.45) is 1.63. The van der Waals surface area contributed by atoms with E-state index in [1.54, 1.807) is 18.2 Å². The van der Waals surface area contributed by atoms with Crippen LogP contribution >= 0.6 is 0 Å². The molecule has 0 aromatic heterocycles. The number of amides is 1. The Bertz CT molecular complexity index is 1520. The third-order valence-electron chi connectivity index (χ3n) is 8.04. The molecule has 1 aliphatic carbocycles. The number of benzene rings is 4. The van der Waals surface area contributed by atoms with Gasteiger partial charge in [-0.05, 0) is 64.9 Å². The zero-order chi connectivity index (χ0) is 27.0. The number of rotatable bonds is 6. The fourth-order valence-corrected chi connectivity index (χ4v) is 6.02. The molecule has 2 unspecified atom stereocenters. The van der Waals surface area contributed by atoms with Crippen LogP contribution < -0.4 is 10.1 Å². The normalized spacial score (nSPS) is 21.7. The lowest BCUT2D eigenvalue weighted by Crippen LogP contribution is -2.58. The number of anilines is 1. The summed E-state index contributed by atoms with van der Waals surface area (Å²) in [4.78, 5) is 38.7. The van der Waals surface area contributed by atoms with Crippen LogP contribution in [0.15, 0.2) is 103 Å². The molecule has 0 radical (unpaired) electrons. The van der Waals surface area contributed by atoms with Crippen molar-refractivity contribution >= 4 is 23.5 Å². The Balaban J connectivity index is 1.34. The van der Waals surface area contributed by atoms with E-state index in [2.05, 4.69) is 5.32 Å². The minimum Gasteiger partial charge on any atom is -0.480 e. The maximum absolute atomic E-state index is 14.0. The Morgan fingerprint density at radius 1 is 0.769 bits per heavy atom. The number of carbonyl (C=O) groups excluding carboxylic acids is 2. The number of esters is 1. The third kappa shape index (κ3) is 4.28. The number of hydrogen-bond acceptors (Lipinski definition) is 4. The number of ether oxygens (including phenoxy) is 1. The van der Waals surface area contributed by atoms with Crippen molar-refractivity contribution in [3.63, 3.8) is 0 Å². The van der Waals surface area contributed by atoms with Gasteiger partial charge in [-0.2, -0.15) is 0 Å². The van der Waals surface area contributed by atoms with Crippen molar-refractivity contribution in [2.75, 3.05) is 5.32 Å². The Kier molecular flexibility index (Phi) is 6.23. The van der Waals surface area contributed by atoms with Gasteiger partial charge >= 0.3 is 11.9 Å². The zero-order valence-corrected chi connectivity index (χ0v) is 21.2. The maximum atomic E-state index is 14.0. The molecule has 0 spiro atoms. The maximum Gasteiger partial charge on any atom is 0.330 e. The molecule has 6 rings (SSSR count). The summed E-state index contributed by atoms with van der Waals surface area (Å²) in [5, 5.41) is 13.5. The molecule has 0 saturated heterocycles. The van der Waals surface area contributed by atoms with E-state index in [4.69, 9.17) is 4.74 Å². The molecule has 39 heavy (non-hydrogen) atoms. The molecule has 1 saturated carbocycles. The highest BCUT2D eigenvalue weighted by atomic mass is 16.5. The first kappa shape index (κ1) is 24.6. The van der Waals surface area contributed by atoms with Crippen molar-refractivity contribution in [1.82, 2.24) is 0 Å². The predicted molar refractivity (Wildman–Crippen MR) is 148 cm³/mol. The number of fused-ring (bicyclic) bond motifs is 1. The van der Waals surface area contributed by atoms with Gasteiger partial charge in [0, 0.05) is 23.9 Å². The summed E-state index contributed by atoms with van der Waals surface area (Å²) in [6.45, 7) is 0. The molecule has 1 aliphatic heterocycles. The number of carbonyl (C=O) groups is 3. The van der Waals surface area contributed by atoms with E-state index < -0.39 is 29.2 Å². The van der Waals surface area contributed by atoms with Gasteiger partial charge in [0.1, 0.15) is 5.75 Å². The van der Waals surface area contributed by atoms with Gasteiger partial charge < -0.3 is 15.2 Å². The highest BCUT2D eigenvalue weighted by Gasteiger charge is 2.67. The lowest BCUT2D eigenvalue weighted by molar-refractivity contribution is -0.175. The van der Waals surface area contributed by atoms with Gasteiger partial charge in [0.25, 0.3) is 0 Å². The molecule has 1 fully saturated rings. The molecule has 4 aromatic carbocycles. The van der Waals surface area contributed by atoms with Crippen LogP contribution in [0.5, 0.6) is 5.75 Å². The molecule has 0 bridgehead atoms. The van der Waals surface area contributed by atoms with Gasteiger partial charge in [-0.25, -0.2) is 0 Å². The second kappa shape index (κ2) is 9.87. The predicted octanol–water partition coefficient (Wildman–Crippen LogP) is 6.19. The largest absolute Gasteiger partial charge is 0.480 e. The Morgan fingerprint density at radius 3 is 2.05 bits per heavy atom. The van der Waals surface area contributed by atoms with Crippen LogP contribution in [-0.4, -0.2) is 23.0 Å². The van der Waals surface area contributed by atoms with Crippen LogP contribution in [0, 0.1) is 5.41 Å². The van der Waals surface area contributed by atoms with Crippen molar-refractivity contribution in [1.29, 1.82) is 0 Å². The van der Waals surface area contributed by atoms with E-state index in [0.717, 1.165) is 33.5 Å². The van der Waals surface area contributed by atoms with E-state index in [9.17, 15) is 19.5 Å². The number of hydrogen-bond donors (Lipinski definition) is 2. The highest BCUT2D eigenvalue weighted by molar-refractivity contribution is 6.04. The third-order valence-corrected chi connectivity index (χ3v) is 8.04. The number of carboxylic acids is 1. The first-order valence-electron chi connectivity index (χ1n) is 13.1. The number of aryl methyl sites for hydroxylation is 1. The van der Waals surface area contributed by atoms with Crippen molar-refractivity contribution in [2.24, 2.45) is 5.41 Å². The first-order valence-corrected chi connectivity index (χ1v) is 13.1. The Morgan fingerprint density at radius 2 is 1.41 bits per heavy atom. The molecular weight excluding hydrogens is 490 g/mol. The van der Waals surface area contributed by atoms with Crippen molar-refractivity contribution in [3.05, 3.63) is 120 Å². The minimum atomic E-state index is -1.76. The average Bonchev–Trinajstić information content (AvgIpc) is 2.93. The Hall–Kier alpha value is -4.71. The molecule has 194 valence electrons. The number of aliphatic carboxylic acids is 1. The molecule has 2 N–H and O–H groups in total. The second-order valence-corrected chi connectivity index (χ2v) is 10.2. The van der Waals surface area contributed by atoms with Crippen molar-refractivity contribution in [2.45, 2.75) is 31.1 Å². The van der Waals surface area contributed by atoms with E-state index in [1.165, 1.54) is 0 Å². The smallest absolute Gasteiger partial charge is 0.330 e. The summed E-state index contributed by atoms with van der Waals surface area (Å²) in [5.41, 5.74) is 3.46. The van der Waals surface area contributed by atoms with Crippen LogP contribution in [0.2, 0.25) is 0 Å². The second-order valence-electron chi connectivity index (χ2n) is 10.2. The van der Waals surface area contributed by atoms with Crippen LogP contribution in [0.4, 0.5) is 5.69 Å². The van der Waals surface area contributed by atoms with E-state index in [-0.39, 0.29) is 11.7 Å². The molecule has 2 aliphatic rings. The topological polar surface area (TPSA) is 92.7 Å². The van der Waals surface area contributed by atoms with Crippen molar-refractivity contribution < 1.29 is 24.2 Å². The van der Waals surface area contributed by atoms with Gasteiger partial charge in [-0.15, -0.1) is 0 Å². The van der Waals surface area contributed by atoms with Crippen LogP contribution in [0.3, 0.4) is 0 Å². The monoisotopic (exact) mass is 517 g/mol. The molecular formula is C33H27NO5. The first-order chi connectivity index (χ1) is 19.0. The number of carboxylic acid groups (broad SMARTS) is 1. The summed E-state index contributed by atoms with van der Waals surface area (Å²) in [6, 6.07) is 31.6.